The number of rotatable bonds is 1. The molecule has 2 nitrogen and oxygen atoms in total. The van der Waals surface area contributed by atoms with Gasteiger partial charge < -0.3 is 5.21 Å². The number of fused-ring (bicyclic) bond motifs is 1. The van der Waals surface area contributed by atoms with Crippen LogP contribution in [0.1, 0.15) is 19.3 Å². The number of nitrogens with zero attached hydrogens (tertiary/aromatic N) is 1. The fourth-order valence-electron chi connectivity index (χ4n) is 2.12. The Kier molecular flexibility index (Phi) is 1.98. The van der Waals surface area contributed by atoms with Gasteiger partial charge in [-0.15, -0.1) is 0 Å². The first-order chi connectivity index (χ1) is 5.90. The normalized spacial score (nSPS) is 33.8. The highest BCUT2D eigenvalue weighted by atomic mass is 16.4. The van der Waals surface area contributed by atoms with Crippen LogP contribution in [-0.2, 0) is 0 Å². The number of hydrogen-bond donors (Lipinski definition) is 1. The first-order valence-corrected chi connectivity index (χ1v) is 4.43. The third kappa shape index (κ3) is 1.29. The zero-order valence-electron chi connectivity index (χ0n) is 6.98. The molecule has 0 aliphatic heterocycles. The predicted octanol–water partition coefficient (Wildman–Crippen LogP) is 2.36. The molecule has 2 rings (SSSR count). The van der Waals surface area contributed by atoms with Gasteiger partial charge in [-0.25, -0.2) is 0 Å². The Morgan fingerprint density at radius 1 is 1.50 bits per heavy atom. The molecule has 0 saturated carbocycles. The fourth-order valence-corrected chi connectivity index (χ4v) is 2.12. The summed E-state index contributed by atoms with van der Waals surface area (Å²) < 4.78 is 0. The SMILES string of the molecule is ON=CC1=CCC2C=CCC2C1. The summed E-state index contributed by atoms with van der Waals surface area (Å²) in [6.45, 7) is 0. The van der Waals surface area contributed by atoms with Crippen molar-refractivity contribution in [2.24, 2.45) is 17.0 Å². The molecule has 0 radical (unpaired) electrons. The van der Waals surface area contributed by atoms with Crippen molar-refractivity contribution in [2.75, 3.05) is 0 Å². The fraction of sp³-hybridized carbons (Fsp3) is 0.500. The average molecular weight is 163 g/mol. The minimum atomic E-state index is 0.751. The van der Waals surface area contributed by atoms with Gasteiger partial charge >= 0.3 is 0 Å². The highest BCUT2D eigenvalue weighted by Gasteiger charge is 2.25. The van der Waals surface area contributed by atoms with Gasteiger partial charge in [-0.3, -0.25) is 0 Å². The van der Waals surface area contributed by atoms with Crippen molar-refractivity contribution in [3.8, 4) is 0 Å². The van der Waals surface area contributed by atoms with Gasteiger partial charge in [-0.05, 0) is 36.7 Å². The van der Waals surface area contributed by atoms with Gasteiger partial charge in [0.1, 0.15) is 0 Å². The lowest BCUT2D eigenvalue weighted by atomic mass is 9.82. The highest BCUT2D eigenvalue weighted by molar-refractivity contribution is 5.78. The first kappa shape index (κ1) is 7.59. The average Bonchev–Trinajstić information content (AvgIpc) is 2.51. The lowest BCUT2D eigenvalue weighted by molar-refractivity contribution is 0.320. The molecule has 2 heteroatoms. The second kappa shape index (κ2) is 3.13. The zero-order valence-corrected chi connectivity index (χ0v) is 6.98. The van der Waals surface area contributed by atoms with Gasteiger partial charge in [-0.1, -0.05) is 23.4 Å². The Labute approximate surface area is 72.3 Å². The number of allylic oxidation sites excluding steroid dienone is 4. The van der Waals surface area contributed by atoms with Crippen molar-refractivity contribution in [3.63, 3.8) is 0 Å². The molecule has 12 heavy (non-hydrogen) atoms. The van der Waals surface area contributed by atoms with Gasteiger partial charge in [0.2, 0.25) is 0 Å². The van der Waals surface area contributed by atoms with Crippen molar-refractivity contribution in [1.82, 2.24) is 0 Å². The molecule has 0 aromatic heterocycles. The second-order valence-corrected chi connectivity index (χ2v) is 3.55. The Bertz CT molecular complexity index is 253. The van der Waals surface area contributed by atoms with Crippen LogP contribution in [0, 0.1) is 11.8 Å². The maximum atomic E-state index is 8.37. The van der Waals surface area contributed by atoms with E-state index in [-0.39, 0.29) is 0 Å². The van der Waals surface area contributed by atoms with Crippen LogP contribution in [0.3, 0.4) is 0 Å². The molecular formula is C10H13NO. The van der Waals surface area contributed by atoms with Crippen LogP contribution in [0.4, 0.5) is 0 Å². The maximum absolute atomic E-state index is 8.37. The summed E-state index contributed by atoms with van der Waals surface area (Å²) in [6, 6.07) is 0. The summed E-state index contributed by atoms with van der Waals surface area (Å²) in [4.78, 5) is 0. The van der Waals surface area contributed by atoms with Crippen molar-refractivity contribution in [1.29, 1.82) is 0 Å². The van der Waals surface area contributed by atoms with Gasteiger partial charge in [0.15, 0.2) is 0 Å². The zero-order chi connectivity index (χ0) is 8.39. The van der Waals surface area contributed by atoms with Crippen molar-refractivity contribution in [3.05, 3.63) is 23.8 Å². The molecule has 2 atom stereocenters. The van der Waals surface area contributed by atoms with E-state index in [1.807, 2.05) is 0 Å². The topological polar surface area (TPSA) is 32.6 Å². The van der Waals surface area contributed by atoms with E-state index in [9.17, 15) is 0 Å². The van der Waals surface area contributed by atoms with Crippen molar-refractivity contribution >= 4 is 6.21 Å². The molecule has 0 amide bonds. The second-order valence-electron chi connectivity index (χ2n) is 3.55. The molecule has 0 aromatic carbocycles. The van der Waals surface area contributed by atoms with Crippen molar-refractivity contribution in [2.45, 2.75) is 19.3 Å². The molecule has 2 aliphatic carbocycles. The van der Waals surface area contributed by atoms with Gasteiger partial charge in [0.05, 0.1) is 6.21 Å². The molecule has 0 spiro atoms. The molecule has 0 saturated heterocycles. The highest BCUT2D eigenvalue weighted by Crippen LogP contribution is 2.36. The standard InChI is InChI=1S/C10H13NO/c12-11-7-8-4-5-9-2-1-3-10(9)6-8/h1-2,4,7,9-10,12H,3,5-6H2. The van der Waals surface area contributed by atoms with Crippen molar-refractivity contribution < 1.29 is 5.21 Å². The smallest absolute Gasteiger partial charge is 0.0690 e. The first-order valence-electron chi connectivity index (χ1n) is 4.43. The van der Waals surface area contributed by atoms with E-state index in [4.69, 9.17) is 5.21 Å². The van der Waals surface area contributed by atoms with E-state index in [1.54, 1.807) is 6.21 Å². The monoisotopic (exact) mass is 163 g/mol. The molecule has 0 heterocycles. The van der Waals surface area contributed by atoms with Gasteiger partial charge in [0, 0.05) is 0 Å². The van der Waals surface area contributed by atoms with Crippen LogP contribution in [0.25, 0.3) is 0 Å². The summed E-state index contributed by atoms with van der Waals surface area (Å²) >= 11 is 0. The minimum absolute atomic E-state index is 0.751. The van der Waals surface area contributed by atoms with Crippen LogP contribution in [-0.4, -0.2) is 11.4 Å². The van der Waals surface area contributed by atoms with Crippen LogP contribution in [0.15, 0.2) is 29.0 Å². The summed E-state index contributed by atoms with van der Waals surface area (Å²) in [5.41, 5.74) is 1.18. The minimum Gasteiger partial charge on any atom is -0.411 e. The van der Waals surface area contributed by atoms with Crippen LogP contribution in [0.2, 0.25) is 0 Å². The molecule has 1 N–H and O–H groups in total. The lowest BCUT2D eigenvalue weighted by Crippen LogP contribution is -2.13. The molecule has 2 unspecified atom stereocenters. The molecule has 0 aromatic rings. The van der Waals surface area contributed by atoms with E-state index in [0.717, 1.165) is 24.7 Å². The number of hydrogen-bond acceptors (Lipinski definition) is 2. The molecule has 2 aliphatic rings. The molecule has 0 fully saturated rings. The van der Waals surface area contributed by atoms with Crippen LogP contribution < -0.4 is 0 Å². The molecule has 0 bridgehead atoms. The Morgan fingerprint density at radius 3 is 3.25 bits per heavy atom. The summed E-state index contributed by atoms with van der Waals surface area (Å²) in [5.74, 6) is 1.52. The van der Waals surface area contributed by atoms with E-state index in [2.05, 4.69) is 23.4 Å². The summed E-state index contributed by atoms with van der Waals surface area (Å²) in [6.07, 6.45) is 11.7. The van der Waals surface area contributed by atoms with E-state index in [1.165, 1.54) is 12.0 Å². The summed E-state index contributed by atoms with van der Waals surface area (Å²) in [5, 5.41) is 11.4. The summed E-state index contributed by atoms with van der Waals surface area (Å²) in [7, 11) is 0. The largest absolute Gasteiger partial charge is 0.411 e. The molecule has 64 valence electrons. The lowest BCUT2D eigenvalue weighted by Gasteiger charge is -2.22. The third-order valence-electron chi connectivity index (χ3n) is 2.80. The number of oxime groups is 1. The van der Waals surface area contributed by atoms with Crippen LogP contribution >= 0.6 is 0 Å². The Balaban J connectivity index is 2.06. The third-order valence-corrected chi connectivity index (χ3v) is 2.80. The van der Waals surface area contributed by atoms with Crippen LogP contribution in [0.5, 0.6) is 0 Å². The quantitative estimate of drug-likeness (QED) is 0.274. The predicted molar refractivity (Wildman–Crippen MR) is 48.3 cm³/mol. The van der Waals surface area contributed by atoms with Gasteiger partial charge in [-0.2, -0.15) is 0 Å². The maximum Gasteiger partial charge on any atom is 0.0690 e. The van der Waals surface area contributed by atoms with Gasteiger partial charge in [0.25, 0.3) is 0 Å². The Morgan fingerprint density at radius 2 is 2.42 bits per heavy atom. The Hall–Kier alpha value is -1.05. The molecular weight excluding hydrogens is 150 g/mol. The van der Waals surface area contributed by atoms with E-state index in [0.29, 0.717) is 0 Å². The van der Waals surface area contributed by atoms with E-state index < -0.39 is 0 Å². The van der Waals surface area contributed by atoms with E-state index >= 15 is 0 Å².